The Bertz CT molecular complexity index is 1340. The van der Waals surface area contributed by atoms with Crippen LogP contribution in [0.5, 0.6) is 0 Å². The average Bonchev–Trinajstić information content (AvgIpc) is 2.83. The van der Waals surface area contributed by atoms with Crippen LogP contribution in [0.2, 0.25) is 5.02 Å². The highest BCUT2D eigenvalue weighted by Gasteiger charge is 2.32. The molecule has 1 saturated heterocycles. The minimum atomic E-state index is -0.232. The van der Waals surface area contributed by atoms with Gasteiger partial charge >= 0.3 is 0 Å². The summed E-state index contributed by atoms with van der Waals surface area (Å²) in [6, 6.07) is 13.2. The maximum atomic E-state index is 13.7. The van der Waals surface area contributed by atoms with Gasteiger partial charge in [-0.2, -0.15) is 0 Å². The molecule has 7 nitrogen and oxygen atoms in total. The molecule has 2 heterocycles. The van der Waals surface area contributed by atoms with Gasteiger partial charge in [0.05, 0.1) is 17.0 Å². The third-order valence-corrected chi connectivity index (χ3v) is 7.83. The SMILES string of the molecule is CC(C)NC(=O)Cn1c(-c2cccc(Cl)c2)nc2ccc([C@H]3C[C@@H](CN4CCC(O)CC4)C3)cc2c1=O. The number of piperidine rings is 1. The molecule has 1 saturated carbocycles. The number of benzene rings is 2. The fourth-order valence-corrected chi connectivity index (χ4v) is 5.81. The molecule has 2 aromatic carbocycles. The van der Waals surface area contributed by atoms with Gasteiger partial charge in [0.2, 0.25) is 5.91 Å². The summed E-state index contributed by atoms with van der Waals surface area (Å²) in [4.78, 5) is 33.7. The predicted octanol–water partition coefficient (Wildman–Crippen LogP) is 4.19. The fourth-order valence-electron chi connectivity index (χ4n) is 5.62. The van der Waals surface area contributed by atoms with E-state index in [1.165, 1.54) is 4.57 Å². The number of hydrogen-bond acceptors (Lipinski definition) is 5. The molecule has 8 heteroatoms. The maximum absolute atomic E-state index is 13.7. The molecular formula is C29H35ClN4O3. The molecule has 0 atom stereocenters. The van der Waals surface area contributed by atoms with Crippen LogP contribution >= 0.6 is 11.6 Å². The van der Waals surface area contributed by atoms with Gasteiger partial charge in [-0.25, -0.2) is 4.98 Å². The molecule has 0 unspecified atom stereocenters. The number of likely N-dealkylation sites (tertiary alicyclic amines) is 1. The summed E-state index contributed by atoms with van der Waals surface area (Å²) in [6.07, 6.45) is 3.79. The van der Waals surface area contributed by atoms with Crippen molar-refractivity contribution in [3.05, 3.63) is 63.4 Å². The lowest BCUT2D eigenvalue weighted by atomic mass is 9.71. The van der Waals surface area contributed by atoms with Crippen molar-refractivity contribution in [1.29, 1.82) is 0 Å². The first-order valence-corrected chi connectivity index (χ1v) is 13.6. The summed E-state index contributed by atoms with van der Waals surface area (Å²) in [5, 5.41) is 13.7. The number of nitrogens with one attached hydrogen (secondary N) is 1. The molecule has 1 aliphatic heterocycles. The molecule has 5 rings (SSSR count). The van der Waals surface area contributed by atoms with Crippen molar-refractivity contribution in [3.8, 4) is 11.4 Å². The molecular weight excluding hydrogens is 488 g/mol. The summed E-state index contributed by atoms with van der Waals surface area (Å²) >= 11 is 6.23. The number of hydrogen-bond donors (Lipinski definition) is 2. The number of carbonyl (C=O) groups is 1. The first-order valence-electron chi connectivity index (χ1n) is 13.3. The minimum Gasteiger partial charge on any atom is -0.393 e. The van der Waals surface area contributed by atoms with Crippen LogP contribution in [0.4, 0.5) is 0 Å². The van der Waals surface area contributed by atoms with Gasteiger partial charge in [-0.15, -0.1) is 0 Å². The number of nitrogens with zero attached hydrogens (tertiary/aromatic N) is 3. The molecule has 2 fully saturated rings. The summed E-state index contributed by atoms with van der Waals surface area (Å²) < 4.78 is 1.46. The van der Waals surface area contributed by atoms with Gasteiger partial charge in [0.25, 0.3) is 5.56 Å². The van der Waals surface area contributed by atoms with Crippen molar-refractivity contribution in [2.24, 2.45) is 5.92 Å². The number of fused-ring (bicyclic) bond motifs is 1. The zero-order chi connectivity index (χ0) is 26.1. The second-order valence-electron chi connectivity index (χ2n) is 10.9. The standard InChI is InChI=1S/C29H35ClN4O3/c1-18(2)31-27(36)17-34-28(21-4-3-5-23(30)14-21)32-26-7-6-20(15-25(26)29(34)37)22-12-19(13-22)16-33-10-8-24(35)9-11-33/h3-7,14-15,18-19,22,24,35H,8-13,16-17H2,1-2H3,(H,31,36)/t19-,22+. The highest BCUT2D eigenvalue weighted by atomic mass is 35.5. The van der Waals surface area contributed by atoms with E-state index in [1.54, 1.807) is 12.1 Å². The van der Waals surface area contributed by atoms with Crippen LogP contribution in [0.15, 0.2) is 47.3 Å². The van der Waals surface area contributed by atoms with Gasteiger partial charge in [0, 0.05) is 36.3 Å². The molecule has 0 radical (unpaired) electrons. The van der Waals surface area contributed by atoms with E-state index in [9.17, 15) is 14.7 Å². The maximum Gasteiger partial charge on any atom is 0.262 e. The van der Waals surface area contributed by atoms with Crippen molar-refractivity contribution >= 4 is 28.4 Å². The van der Waals surface area contributed by atoms with Crippen molar-refractivity contribution in [3.63, 3.8) is 0 Å². The van der Waals surface area contributed by atoms with E-state index in [1.807, 2.05) is 38.1 Å². The Hall–Kier alpha value is -2.74. The zero-order valence-electron chi connectivity index (χ0n) is 21.5. The van der Waals surface area contributed by atoms with Crippen molar-refractivity contribution < 1.29 is 9.90 Å². The van der Waals surface area contributed by atoms with Gasteiger partial charge in [0.15, 0.2) is 0 Å². The number of aliphatic hydroxyl groups is 1. The highest BCUT2D eigenvalue weighted by molar-refractivity contribution is 6.30. The van der Waals surface area contributed by atoms with Gasteiger partial charge in [-0.1, -0.05) is 29.8 Å². The summed E-state index contributed by atoms with van der Waals surface area (Å²) in [5.74, 6) is 1.27. The van der Waals surface area contributed by atoms with Crippen LogP contribution in [0.3, 0.4) is 0 Å². The van der Waals surface area contributed by atoms with Crippen LogP contribution in [-0.4, -0.2) is 57.2 Å². The van der Waals surface area contributed by atoms with Crippen LogP contribution < -0.4 is 10.9 Å². The van der Waals surface area contributed by atoms with Crippen molar-refractivity contribution in [2.45, 2.75) is 64.1 Å². The molecule has 0 bridgehead atoms. The van der Waals surface area contributed by atoms with Crippen LogP contribution in [0, 0.1) is 5.92 Å². The third-order valence-electron chi connectivity index (χ3n) is 7.59. The topological polar surface area (TPSA) is 87.5 Å². The predicted molar refractivity (Wildman–Crippen MR) is 147 cm³/mol. The molecule has 2 aliphatic rings. The normalized spacial score (nSPS) is 20.8. The smallest absolute Gasteiger partial charge is 0.262 e. The molecule has 37 heavy (non-hydrogen) atoms. The zero-order valence-corrected chi connectivity index (χ0v) is 22.2. The Morgan fingerprint density at radius 1 is 1.16 bits per heavy atom. The second-order valence-corrected chi connectivity index (χ2v) is 11.3. The van der Waals surface area contributed by atoms with Crippen LogP contribution in [0.1, 0.15) is 51.0 Å². The minimum absolute atomic E-state index is 0.0283. The molecule has 1 amide bonds. The number of aliphatic hydroxyl groups excluding tert-OH is 1. The fraction of sp³-hybridized carbons (Fsp3) is 0.483. The van der Waals surface area contributed by atoms with E-state index < -0.39 is 0 Å². The molecule has 3 aromatic rings. The summed E-state index contributed by atoms with van der Waals surface area (Å²) in [5.41, 5.74) is 2.25. The molecule has 0 spiro atoms. The number of amides is 1. The summed E-state index contributed by atoms with van der Waals surface area (Å²) in [6.45, 7) is 6.71. The Morgan fingerprint density at radius 3 is 2.62 bits per heavy atom. The Kier molecular flexibility index (Phi) is 7.65. The van der Waals surface area contributed by atoms with E-state index in [4.69, 9.17) is 16.6 Å². The molecule has 1 aromatic heterocycles. The highest BCUT2D eigenvalue weighted by Crippen LogP contribution is 2.42. The Morgan fingerprint density at radius 2 is 1.92 bits per heavy atom. The van der Waals surface area contributed by atoms with Gasteiger partial charge in [-0.05, 0) is 81.2 Å². The molecule has 1 aliphatic carbocycles. The second kappa shape index (κ2) is 10.9. The van der Waals surface area contributed by atoms with Gasteiger partial charge < -0.3 is 15.3 Å². The van der Waals surface area contributed by atoms with Crippen molar-refractivity contribution in [2.75, 3.05) is 19.6 Å². The van der Waals surface area contributed by atoms with Crippen LogP contribution in [-0.2, 0) is 11.3 Å². The largest absolute Gasteiger partial charge is 0.393 e. The molecule has 196 valence electrons. The van der Waals surface area contributed by atoms with Crippen LogP contribution in [0.25, 0.3) is 22.3 Å². The monoisotopic (exact) mass is 522 g/mol. The van der Waals surface area contributed by atoms with Crippen molar-refractivity contribution in [1.82, 2.24) is 19.8 Å². The number of aromatic nitrogens is 2. The number of rotatable bonds is 7. The molecule has 2 N–H and O–H groups in total. The summed E-state index contributed by atoms with van der Waals surface area (Å²) in [7, 11) is 0. The van der Waals surface area contributed by atoms with E-state index in [0.717, 1.165) is 50.9 Å². The first-order chi connectivity index (χ1) is 17.8. The van der Waals surface area contributed by atoms with E-state index in [0.29, 0.717) is 39.1 Å². The average molecular weight is 523 g/mol. The lowest BCUT2D eigenvalue weighted by Crippen LogP contribution is -2.41. The number of carbonyl (C=O) groups excluding carboxylic acids is 1. The lowest BCUT2D eigenvalue weighted by Gasteiger charge is -2.40. The lowest BCUT2D eigenvalue weighted by molar-refractivity contribution is -0.122. The Labute approximate surface area is 222 Å². The van der Waals surface area contributed by atoms with E-state index in [2.05, 4.69) is 16.3 Å². The van der Waals surface area contributed by atoms with E-state index >= 15 is 0 Å². The van der Waals surface area contributed by atoms with Gasteiger partial charge in [-0.3, -0.25) is 14.2 Å². The van der Waals surface area contributed by atoms with Gasteiger partial charge in [0.1, 0.15) is 12.4 Å². The quantitative estimate of drug-likeness (QED) is 0.486. The first kappa shape index (κ1) is 25.9. The Balaban J connectivity index is 1.41. The van der Waals surface area contributed by atoms with E-state index in [-0.39, 0.29) is 30.2 Å². The number of halogens is 1. The third kappa shape index (κ3) is 5.89.